The lowest BCUT2D eigenvalue weighted by molar-refractivity contribution is -0.106. The number of pyridine rings is 1. The molecule has 1 heterocycles. The highest BCUT2D eigenvalue weighted by Crippen LogP contribution is 2.51. The molecule has 6 nitrogen and oxygen atoms in total. The highest BCUT2D eigenvalue weighted by molar-refractivity contribution is 6.02. The van der Waals surface area contributed by atoms with Gasteiger partial charge in [0.2, 0.25) is 0 Å². The number of carbonyl (C=O) groups is 2. The van der Waals surface area contributed by atoms with Crippen LogP contribution in [0, 0.1) is 5.41 Å². The number of fused-ring (bicyclic) bond motifs is 1. The first kappa shape index (κ1) is 33.0. The lowest BCUT2D eigenvalue weighted by atomic mass is 10.00. The molecule has 0 N–H and O–H groups in total. The summed E-state index contributed by atoms with van der Waals surface area (Å²) in [5.74, 6) is 0.922. The van der Waals surface area contributed by atoms with Gasteiger partial charge in [-0.05, 0) is 43.9 Å². The third-order valence-corrected chi connectivity index (χ3v) is 6.49. The summed E-state index contributed by atoms with van der Waals surface area (Å²) in [5.41, 5.74) is 5.56. The van der Waals surface area contributed by atoms with Gasteiger partial charge in [-0.1, -0.05) is 71.7 Å². The zero-order chi connectivity index (χ0) is 28.7. The molecule has 210 valence electrons. The summed E-state index contributed by atoms with van der Waals surface area (Å²) in [6, 6.07) is 9.92. The number of benzene rings is 1. The van der Waals surface area contributed by atoms with Crippen LogP contribution in [0.3, 0.4) is 0 Å². The topological polar surface area (TPSA) is 69.9 Å². The van der Waals surface area contributed by atoms with Crippen LogP contribution in [0.25, 0.3) is 11.3 Å². The Hall–Kier alpha value is -2.99. The van der Waals surface area contributed by atoms with Gasteiger partial charge in [-0.25, -0.2) is 4.99 Å². The van der Waals surface area contributed by atoms with Gasteiger partial charge in [0.1, 0.15) is 6.29 Å². The number of hydrogen-bond acceptors (Lipinski definition) is 5. The molecular formula is C32H48N2O4. The fourth-order valence-corrected chi connectivity index (χ4v) is 4.10. The predicted octanol–water partition coefficient (Wildman–Crippen LogP) is 7.10. The molecule has 0 unspecified atom stereocenters. The Bertz CT molecular complexity index is 1120. The zero-order valence-corrected chi connectivity index (χ0v) is 24.9. The number of Topliss-reactive ketones (excluding diaryl/α,β-unsaturated/α-hetero) is 1. The average molecular weight is 525 g/mol. The van der Waals surface area contributed by atoms with E-state index in [1.165, 1.54) is 26.2 Å². The first-order valence-corrected chi connectivity index (χ1v) is 13.8. The molecule has 0 aliphatic heterocycles. The minimum atomic E-state index is -0.0524. The quantitative estimate of drug-likeness (QED) is 0.362. The Kier molecular flexibility index (Phi) is 14.6. The van der Waals surface area contributed by atoms with Crippen molar-refractivity contribution in [3.8, 4) is 17.0 Å². The van der Waals surface area contributed by atoms with E-state index < -0.39 is 0 Å². The van der Waals surface area contributed by atoms with Crippen LogP contribution in [0.5, 0.6) is 5.75 Å². The second-order valence-corrected chi connectivity index (χ2v) is 9.64. The smallest absolute Gasteiger partial charge is 0.175 e. The highest BCUT2D eigenvalue weighted by Gasteiger charge is 2.45. The van der Waals surface area contributed by atoms with Crippen molar-refractivity contribution in [2.24, 2.45) is 17.5 Å². The molecular weight excluding hydrogens is 476 g/mol. The lowest BCUT2D eigenvalue weighted by Gasteiger charge is -2.17. The van der Waals surface area contributed by atoms with E-state index in [-0.39, 0.29) is 11.2 Å². The number of ketones is 1. The number of aromatic nitrogens is 1. The van der Waals surface area contributed by atoms with Gasteiger partial charge in [-0.2, -0.15) is 0 Å². The van der Waals surface area contributed by atoms with Crippen molar-refractivity contribution in [1.82, 2.24) is 4.57 Å². The molecule has 1 aromatic carbocycles. The van der Waals surface area contributed by atoms with Crippen molar-refractivity contribution in [2.75, 3.05) is 20.8 Å². The molecule has 0 radical (unpaired) electrons. The van der Waals surface area contributed by atoms with Crippen molar-refractivity contribution < 1.29 is 19.1 Å². The molecule has 0 spiro atoms. The highest BCUT2D eigenvalue weighted by atomic mass is 16.5. The Morgan fingerprint density at radius 2 is 1.63 bits per heavy atom. The van der Waals surface area contributed by atoms with Gasteiger partial charge < -0.3 is 18.8 Å². The second-order valence-electron chi connectivity index (χ2n) is 9.64. The van der Waals surface area contributed by atoms with Gasteiger partial charge in [0.15, 0.2) is 17.0 Å². The van der Waals surface area contributed by atoms with Crippen LogP contribution >= 0.6 is 0 Å². The van der Waals surface area contributed by atoms with Crippen LogP contribution in [-0.4, -0.2) is 37.5 Å². The van der Waals surface area contributed by atoms with Crippen LogP contribution in [-0.2, 0) is 23.0 Å². The van der Waals surface area contributed by atoms with E-state index in [2.05, 4.69) is 40.3 Å². The predicted molar refractivity (Wildman–Crippen MR) is 157 cm³/mol. The molecule has 38 heavy (non-hydrogen) atoms. The van der Waals surface area contributed by atoms with Crippen LogP contribution in [0.2, 0.25) is 0 Å². The SMILES string of the molecule is C=C(N=c1c(OC)ccc(-c2cccc3c2CCC3=O)n1C)C1(COC)CC1.CC=O.CCC.CCCC. The summed E-state index contributed by atoms with van der Waals surface area (Å²) in [4.78, 5) is 25.8. The van der Waals surface area contributed by atoms with Crippen molar-refractivity contribution >= 4 is 12.1 Å². The molecule has 2 aliphatic carbocycles. The number of unbranched alkanes of at least 4 members (excludes halogenated alkanes) is 1. The number of rotatable bonds is 7. The standard InChI is InChI=1S/C23H26N2O3.C4H10.C3H8.C2H4O/c1-15(23(12-13-23)14-27-3)24-22-21(28-4)11-9-19(25(22)2)17-6-5-7-18-16(17)8-10-20(18)26;1-3-4-2;1-3-2;1-2-3/h5-7,9,11H,1,8,10,12-14H2,2-4H3;3-4H2,1-2H3;3H2,1-2H3;2H,1H3. The molecule has 1 saturated carbocycles. The molecule has 0 amide bonds. The first-order chi connectivity index (χ1) is 18.2. The molecule has 0 bridgehead atoms. The molecule has 1 fully saturated rings. The number of hydrogen-bond donors (Lipinski definition) is 0. The maximum Gasteiger partial charge on any atom is 0.175 e. The molecule has 4 rings (SSSR count). The number of ether oxygens (including phenoxy) is 2. The van der Waals surface area contributed by atoms with E-state index in [1.807, 2.05) is 35.9 Å². The monoisotopic (exact) mass is 524 g/mol. The normalized spacial score (nSPS) is 14.5. The third-order valence-electron chi connectivity index (χ3n) is 6.49. The summed E-state index contributed by atoms with van der Waals surface area (Å²) in [6.45, 7) is 14.9. The summed E-state index contributed by atoms with van der Waals surface area (Å²) in [6.07, 6.45) is 8.10. The van der Waals surface area contributed by atoms with Crippen LogP contribution in [0.15, 0.2) is 47.6 Å². The maximum absolute atomic E-state index is 12.2. The molecule has 6 heteroatoms. The summed E-state index contributed by atoms with van der Waals surface area (Å²) in [5, 5.41) is 0. The van der Waals surface area contributed by atoms with Crippen molar-refractivity contribution in [3.05, 3.63) is 59.2 Å². The fourth-order valence-electron chi connectivity index (χ4n) is 4.10. The molecule has 0 saturated heterocycles. The molecule has 2 aromatic rings. The second kappa shape index (κ2) is 16.8. The largest absolute Gasteiger partial charge is 0.493 e. The first-order valence-electron chi connectivity index (χ1n) is 13.8. The van der Waals surface area contributed by atoms with Crippen LogP contribution < -0.4 is 10.2 Å². The van der Waals surface area contributed by atoms with Crippen molar-refractivity contribution in [3.63, 3.8) is 0 Å². The van der Waals surface area contributed by atoms with Crippen LogP contribution in [0.4, 0.5) is 0 Å². The summed E-state index contributed by atoms with van der Waals surface area (Å²) < 4.78 is 13.0. The molecule has 1 aromatic heterocycles. The average Bonchev–Trinajstić information content (AvgIpc) is 3.61. The fraction of sp³-hybridized carbons (Fsp3) is 0.531. The number of nitrogens with zero attached hydrogens (tertiary/aromatic N) is 2. The minimum absolute atomic E-state index is 0.0524. The third kappa shape index (κ3) is 8.52. The summed E-state index contributed by atoms with van der Waals surface area (Å²) in [7, 11) is 5.35. The van der Waals surface area contributed by atoms with E-state index in [0.29, 0.717) is 18.8 Å². The Morgan fingerprint density at radius 1 is 1.05 bits per heavy atom. The van der Waals surface area contributed by atoms with E-state index in [1.54, 1.807) is 14.2 Å². The van der Waals surface area contributed by atoms with Crippen LogP contribution in [0.1, 0.15) is 89.1 Å². The summed E-state index contributed by atoms with van der Waals surface area (Å²) >= 11 is 0. The molecule has 2 aliphatic rings. The number of aldehydes is 1. The van der Waals surface area contributed by atoms with Crippen molar-refractivity contribution in [1.29, 1.82) is 0 Å². The van der Waals surface area contributed by atoms with Gasteiger partial charge in [-0.15, -0.1) is 0 Å². The Balaban J connectivity index is 0.000000627. The molecule has 0 atom stereocenters. The van der Waals surface area contributed by atoms with Crippen molar-refractivity contribution in [2.45, 2.75) is 79.6 Å². The minimum Gasteiger partial charge on any atom is -0.493 e. The van der Waals surface area contributed by atoms with E-state index in [4.69, 9.17) is 19.3 Å². The Labute approximate surface area is 229 Å². The van der Waals surface area contributed by atoms with Gasteiger partial charge in [0, 0.05) is 48.5 Å². The van der Waals surface area contributed by atoms with Gasteiger partial charge in [-0.3, -0.25) is 4.79 Å². The lowest BCUT2D eigenvalue weighted by Crippen LogP contribution is -2.23. The maximum atomic E-state index is 12.2. The van der Waals surface area contributed by atoms with Gasteiger partial charge >= 0.3 is 0 Å². The zero-order valence-electron chi connectivity index (χ0n) is 24.9. The van der Waals surface area contributed by atoms with Gasteiger partial charge in [0.25, 0.3) is 0 Å². The van der Waals surface area contributed by atoms with E-state index in [0.717, 1.165) is 59.1 Å². The Morgan fingerprint density at radius 3 is 2.13 bits per heavy atom. The number of carbonyl (C=O) groups excluding carboxylic acids is 2. The number of methoxy groups -OCH3 is 2. The van der Waals surface area contributed by atoms with E-state index in [9.17, 15) is 4.79 Å². The van der Waals surface area contributed by atoms with Gasteiger partial charge in [0.05, 0.1) is 13.7 Å². The van der Waals surface area contributed by atoms with E-state index >= 15 is 0 Å².